The van der Waals surface area contributed by atoms with Gasteiger partial charge in [-0.3, -0.25) is 0 Å². The third-order valence-corrected chi connectivity index (χ3v) is 3.36. The highest BCUT2D eigenvalue weighted by atomic mass is 16.5. The summed E-state index contributed by atoms with van der Waals surface area (Å²) in [6.07, 6.45) is 0.898. The highest BCUT2D eigenvalue weighted by molar-refractivity contribution is 5.54. The Balaban J connectivity index is 1.95. The predicted octanol–water partition coefficient (Wildman–Crippen LogP) is 4.08. The molecule has 1 aliphatic rings. The smallest absolute Gasteiger partial charge is 0.169 e. The maximum atomic E-state index is 6.00. The molecule has 104 valence electrons. The van der Waals surface area contributed by atoms with E-state index in [1.807, 2.05) is 37.3 Å². The molecule has 0 radical (unpaired) electrons. The number of nitrogen functional groups attached to an aromatic ring is 1. The second-order valence-corrected chi connectivity index (χ2v) is 5.96. The second kappa shape index (κ2) is 4.44. The second-order valence-electron chi connectivity index (χ2n) is 5.96. The fourth-order valence-corrected chi connectivity index (χ4v) is 2.63. The first-order valence-electron chi connectivity index (χ1n) is 6.79. The molecule has 0 spiro atoms. The molecule has 0 aromatic heterocycles. The van der Waals surface area contributed by atoms with E-state index in [9.17, 15) is 0 Å². The van der Waals surface area contributed by atoms with Crippen LogP contribution in [0.1, 0.15) is 25.0 Å². The van der Waals surface area contributed by atoms with E-state index in [0.717, 1.165) is 29.2 Å². The van der Waals surface area contributed by atoms with Gasteiger partial charge >= 0.3 is 0 Å². The first-order chi connectivity index (χ1) is 9.43. The SMILES string of the molecule is Cc1cc(N)cc(Oc2cccc3c2OC(C)(C)C3)c1. The lowest BCUT2D eigenvalue weighted by molar-refractivity contribution is 0.135. The molecular formula is C17H19NO2. The van der Waals surface area contributed by atoms with Crippen LogP contribution in [0.25, 0.3) is 0 Å². The Morgan fingerprint density at radius 1 is 1.20 bits per heavy atom. The summed E-state index contributed by atoms with van der Waals surface area (Å²) in [5, 5.41) is 0. The van der Waals surface area contributed by atoms with Crippen LogP contribution in [0, 0.1) is 6.92 Å². The number of para-hydroxylation sites is 1. The Morgan fingerprint density at radius 3 is 2.75 bits per heavy atom. The number of ether oxygens (including phenoxy) is 2. The molecular weight excluding hydrogens is 250 g/mol. The molecule has 0 unspecified atom stereocenters. The molecule has 0 fully saturated rings. The molecule has 0 saturated heterocycles. The van der Waals surface area contributed by atoms with E-state index >= 15 is 0 Å². The minimum atomic E-state index is -0.173. The lowest BCUT2D eigenvalue weighted by Gasteiger charge is -2.18. The summed E-state index contributed by atoms with van der Waals surface area (Å²) in [5.41, 5.74) is 8.65. The van der Waals surface area contributed by atoms with Crippen LogP contribution in [-0.2, 0) is 6.42 Å². The summed E-state index contributed by atoms with van der Waals surface area (Å²) in [6.45, 7) is 6.17. The van der Waals surface area contributed by atoms with Crippen molar-refractivity contribution in [2.75, 3.05) is 5.73 Å². The van der Waals surface area contributed by atoms with Gasteiger partial charge < -0.3 is 15.2 Å². The van der Waals surface area contributed by atoms with Crippen molar-refractivity contribution in [2.24, 2.45) is 0 Å². The lowest BCUT2D eigenvalue weighted by atomic mass is 10.0. The molecule has 2 aromatic rings. The van der Waals surface area contributed by atoms with Crippen LogP contribution in [-0.4, -0.2) is 5.60 Å². The van der Waals surface area contributed by atoms with E-state index in [0.29, 0.717) is 5.69 Å². The minimum Gasteiger partial charge on any atom is -0.483 e. The van der Waals surface area contributed by atoms with Crippen LogP contribution in [0.3, 0.4) is 0 Å². The molecule has 0 saturated carbocycles. The average molecular weight is 269 g/mol. The predicted molar refractivity (Wildman–Crippen MR) is 80.5 cm³/mol. The van der Waals surface area contributed by atoms with Crippen molar-refractivity contribution in [1.29, 1.82) is 0 Å². The molecule has 0 amide bonds. The minimum absolute atomic E-state index is 0.173. The largest absolute Gasteiger partial charge is 0.483 e. The van der Waals surface area contributed by atoms with Gasteiger partial charge in [-0.1, -0.05) is 12.1 Å². The zero-order valence-electron chi connectivity index (χ0n) is 12.1. The van der Waals surface area contributed by atoms with E-state index in [1.54, 1.807) is 0 Å². The Labute approximate surface area is 119 Å². The number of rotatable bonds is 2. The van der Waals surface area contributed by atoms with Crippen molar-refractivity contribution in [3.8, 4) is 17.2 Å². The van der Waals surface area contributed by atoms with Crippen molar-refractivity contribution >= 4 is 5.69 Å². The van der Waals surface area contributed by atoms with Crippen LogP contribution >= 0.6 is 0 Å². The fourth-order valence-electron chi connectivity index (χ4n) is 2.63. The van der Waals surface area contributed by atoms with Gasteiger partial charge in [0.25, 0.3) is 0 Å². The Morgan fingerprint density at radius 2 is 2.00 bits per heavy atom. The van der Waals surface area contributed by atoms with Crippen molar-refractivity contribution < 1.29 is 9.47 Å². The third-order valence-electron chi connectivity index (χ3n) is 3.36. The summed E-state index contributed by atoms with van der Waals surface area (Å²) >= 11 is 0. The summed E-state index contributed by atoms with van der Waals surface area (Å²) in [4.78, 5) is 0. The van der Waals surface area contributed by atoms with Gasteiger partial charge in [0.1, 0.15) is 11.4 Å². The number of fused-ring (bicyclic) bond motifs is 1. The molecule has 0 bridgehead atoms. The molecule has 0 atom stereocenters. The van der Waals surface area contributed by atoms with Gasteiger partial charge in [-0.05, 0) is 44.5 Å². The zero-order chi connectivity index (χ0) is 14.3. The Kier molecular flexibility index (Phi) is 2.85. The van der Waals surface area contributed by atoms with Gasteiger partial charge in [-0.15, -0.1) is 0 Å². The van der Waals surface area contributed by atoms with Gasteiger partial charge in [0, 0.05) is 23.7 Å². The van der Waals surface area contributed by atoms with Crippen molar-refractivity contribution in [1.82, 2.24) is 0 Å². The van der Waals surface area contributed by atoms with Gasteiger partial charge in [0.15, 0.2) is 11.5 Å². The molecule has 3 nitrogen and oxygen atoms in total. The Hall–Kier alpha value is -2.16. The fraction of sp³-hybridized carbons (Fsp3) is 0.294. The average Bonchev–Trinajstić information content (AvgIpc) is 2.63. The highest BCUT2D eigenvalue weighted by Gasteiger charge is 2.32. The quantitative estimate of drug-likeness (QED) is 0.835. The maximum Gasteiger partial charge on any atom is 0.169 e. The standard InChI is InChI=1S/C17H19NO2/c1-11-7-13(18)9-14(8-11)19-15-6-4-5-12-10-17(2,3)20-16(12)15/h4-9H,10,18H2,1-3H3. The number of hydrogen-bond donors (Lipinski definition) is 1. The molecule has 1 aliphatic heterocycles. The molecule has 1 heterocycles. The van der Waals surface area contributed by atoms with Crippen molar-refractivity contribution in [2.45, 2.75) is 32.8 Å². The monoisotopic (exact) mass is 269 g/mol. The maximum absolute atomic E-state index is 6.00. The van der Waals surface area contributed by atoms with Gasteiger partial charge in [-0.25, -0.2) is 0 Å². The summed E-state index contributed by atoms with van der Waals surface area (Å²) in [6, 6.07) is 11.7. The lowest BCUT2D eigenvalue weighted by Crippen LogP contribution is -2.24. The van der Waals surface area contributed by atoms with Crippen LogP contribution in [0.15, 0.2) is 36.4 Å². The van der Waals surface area contributed by atoms with Crippen molar-refractivity contribution in [3.05, 3.63) is 47.5 Å². The van der Waals surface area contributed by atoms with E-state index in [2.05, 4.69) is 19.9 Å². The van der Waals surface area contributed by atoms with E-state index < -0.39 is 0 Å². The number of anilines is 1. The van der Waals surface area contributed by atoms with Crippen molar-refractivity contribution in [3.63, 3.8) is 0 Å². The molecule has 20 heavy (non-hydrogen) atoms. The van der Waals surface area contributed by atoms with Crippen LogP contribution in [0.2, 0.25) is 0 Å². The number of nitrogens with two attached hydrogens (primary N) is 1. The molecule has 2 N–H and O–H groups in total. The van der Waals surface area contributed by atoms with E-state index in [1.165, 1.54) is 5.56 Å². The van der Waals surface area contributed by atoms with Crippen LogP contribution in [0.4, 0.5) is 5.69 Å². The van der Waals surface area contributed by atoms with Crippen LogP contribution < -0.4 is 15.2 Å². The highest BCUT2D eigenvalue weighted by Crippen LogP contribution is 2.43. The van der Waals surface area contributed by atoms with Gasteiger partial charge in [0.05, 0.1) is 0 Å². The first-order valence-corrected chi connectivity index (χ1v) is 6.79. The Bertz CT molecular complexity index is 642. The number of benzene rings is 2. The molecule has 2 aromatic carbocycles. The molecule has 3 heteroatoms. The first kappa shape index (κ1) is 12.9. The van der Waals surface area contributed by atoms with Crippen LogP contribution in [0.5, 0.6) is 17.2 Å². The normalized spacial score (nSPS) is 15.6. The summed E-state index contributed by atoms with van der Waals surface area (Å²) < 4.78 is 12.0. The van der Waals surface area contributed by atoms with E-state index in [4.69, 9.17) is 15.2 Å². The molecule has 3 rings (SSSR count). The number of aryl methyl sites for hydroxylation is 1. The van der Waals surface area contributed by atoms with E-state index in [-0.39, 0.29) is 5.60 Å². The summed E-state index contributed by atoms with van der Waals surface area (Å²) in [5.74, 6) is 2.33. The third kappa shape index (κ3) is 2.44. The summed E-state index contributed by atoms with van der Waals surface area (Å²) in [7, 11) is 0. The molecule has 0 aliphatic carbocycles. The van der Waals surface area contributed by atoms with Gasteiger partial charge in [-0.2, -0.15) is 0 Å². The zero-order valence-corrected chi connectivity index (χ0v) is 12.1. The van der Waals surface area contributed by atoms with Gasteiger partial charge in [0.2, 0.25) is 0 Å². The topological polar surface area (TPSA) is 44.5 Å². The number of hydrogen-bond acceptors (Lipinski definition) is 3.